The van der Waals surface area contributed by atoms with E-state index in [1.54, 1.807) is 13.8 Å². The van der Waals surface area contributed by atoms with Gasteiger partial charge in [0.2, 0.25) is 0 Å². The number of rotatable bonds is 4. The van der Waals surface area contributed by atoms with Crippen LogP contribution in [0.1, 0.15) is 20.8 Å². The fourth-order valence-electron chi connectivity index (χ4n) is 0.608. The lowest BCUT2D eigenvalue weighted by molar-refractivity contribution is -0.145. The van der Waals surface area contributed by atoms with Crippen molar-refractivity contribution in [1.29, 1.82) is 0 Å². The van der Waals surface area contributed by atoms with Crippen molar-refractivity contribution < 1.29 is 14.6 Å². The highest BCUT2D eigenvalue weighted by molar-refractivity contribution is 5.85. The Hall–Kier alpha value is -0.280. The van der Waals surface area contributed by atoms with Crippen LogP contribution in [0, 0.1) is 5.92 Å². The second-order valence-corrected chi connectivity index (χ2v) is 2.29. The Bertz CT molecular complexity index is 116. The SMILES string of the molecule is CCO[C@@H](C)[C@@H](C)C(=O)O.Cl. The van der Waals surface area contributed by atoms with E-state index in [4.69, 9.17) is 9.84 Å². The Morgan fingerprint density at radius 1 is 1.55 bits per heavy atom. The number of carbonyl (C=O) groups is 1. The maximum absolute atomic E-state index is 10.3. The summed E-state index contributed by atoms with van der Waals surface area (Å²) in [6.07, 6.45) is -0.192. The van der Waals surface area contributed by atoms with Gasteiger partial charge in [-0.2, -0.15) is 0 Å². The fraction of sp³-hybridized carbons (Fsp3) is 0.857. The lowest BCUT2D eigenvalue weighted by Crippen LogP contribution is -2.25. The molecule has 0 saturated carbocycles. The molecule has 2 atom stereocenters. The second-order valence-electron chi connectivity index (χ2n) is 2.29. The third-order valence-corrected chi connectivity index (χ3v) is 1.52. The van der Waals surface area contributed by atoms with Crippen LogP contribution in [0.15, 0.2) is 0 Å². The smallest absolute Gasteiger partial charge is 0.308 e. The Balaban J connectivity index is 0. The molecule has 0 spiro atoms. The number of carboxylic acid groups (broad SMARTS) is 1. The van der Waals surface area contributed by atoms with E-state index in [1.807, 2.05) is 6.92 Å². The van der Waals surface area contributed by atoms with Gasteiger partial charge in [-0.3, -0.25) is 4.79 Å². The number of aliphatic carboxylic acids is 1. The Labute approximate surface area is 73.2 Å². The van der Waals surface area contributed by atoms with E-state index in [2.05, 4.69) is 0 Å². The molecular formula is C7H15ClO3. The number of halogens is 1. The van der Waals surface area contributed by atoms with Crippen LogP contribution in [0.3, 0.4) is 0 Å². The van der Waals surface area contributed by atoms with Crippen molar-refractivity contribution in [2.45, 2.75) is 26.9 Å². The van der Waals surface area contributed by atoms with Crippen molar-refractivity contribution in [3.63, 3.8) is 0 Å². The van der Waals surface area contributed by atoms with E-state index in [9.17, 15) is 4.79 Å². The van der Waals surface area contributed by atoms with E-state index in [-0.39, 0.29) is 18.5 Å². The van der Waals surface area contributed by atoms with Crippen LogP contribution in [0.4, 0.5) is 0 Å². The van der Waals surface area contributed by atoms with Gasteiger partial charge in [-0.05, 0) is 20.8 Å². The standard InChI is InChI=1S/C7H14O3.ClH/c1-4-10-6(3)5(2)7(8)9;/h5-6H,4H2,1-3H3,(H,8,9);1H/t5-,6+;/m1./s1. The topological polar surface area (TPSA) is 46.5 Å². The molecule has 0 bridgehead atoms. The molecule has 4 heteroatoms. The number of hydrogen-bond donors (Lipinski definition) is 1. The maximum atomic E-state index is 10.3. The van der Waals surface area contributed by atoms with Gasteiger partial charge in [0.25, 0.3) is 0 Å². The molecule has 0 aliphatic heterocycles. The zero-order valence-corrected chi connectivity index (χ0v) is 7.85. The Morgan fingerprint density at radius 3 is 2.27 bits per heavy atom. The van der Waals surface area contributed by atoms with Gasteiger partial charge < -0.3 is 9.84 Å². The molecule has 0 heterocycles. The number of ether oxygens (including phenoxy) is 1. The van der Waals surface area contributed by atoms with Crippen molar-refractivity contribution >= 4 is 18.4 Å². The van der Waals surface area contributed by atoms with Crippen molar-refractivity contribution in [2.24, 2.45) is 5.92 Å². The minimum Gasteiger partial charge on any atom is -0.481 e. The summed E-state index contributed by atoms with van der Waals surface area (Å²) in [5.41, 5.74) is 0. The average molecular weight is 183 g/mol. The summed E-state index contributed by atoms with van der Waals surface area (Å²) in [6, 6.07) is 0. The third kappa shape index (κ3) is 5.04. The van der Waals surface area contributed by atoms with Crippen LogP contribution in [-0.2, 0) is 9.53 Å². The lowest BCUT2D eigenvalue weighted by atomic mass is 10.1. The first-order chi connectivity index (χ1) is 4.59. The van der Waals surface area contributed by atoms with Crippen molar-refractivity contribution in [2.75, 3.05) is 6.61 Å². The van der Waals surface area contributed by atoms with Gasteiger partial charge in [0, 0.05) is 6.61 Å². The fourth-order valence-corrected chi connectivity index (χ4v) is 0.608. The highest BCUT2D eigenvalue weighted by Crippen LogP contribution is 2.05. The van der Waals surface area contributed by atoms with Gasteiger partial charge in [-0.25, -0.2) is 0 Å². The summed E-state index contributed by atoms with van der Waals surface area (Å²) in [4.78, 5) is 10.3. The van der Waals surface area contributed by atoms with Gasteiger partial charge in [0.1, 0.15) is 0 Å². The van der Waals surface area contributed by atoms with Crippen LogP contribution < -0.4 is 0 Å². The van der Waals surface area contributed by atoms with E-state index in [0.717, 1.165) is 0 Å². The van der Waals surface area contributed by atoms with E-state index >= 15 is 0 Å². The van der Waals surface area contributed by atoms with Crippen molar-refractivity contribution in [3.05, 3.63) is 0 Å². The summed E-state index contributed by atoms with van der Waals surface area (Å²) >= 11 is 0. The highest BCUT2D eigenvalue weighted by atomic mass is 35.5. The predicted octanol–water partition coefficient (Wildman–Crippen LogP) is 1.55. The second kappa shape index (κ2) is 6.43. The zero-order chi connectivity index (χ0) is 8.15. The molecule has 0 saturated heterocycles. The minimum atomic E-state index is -0.805. The molecule has 0 unspecified atom stereocenters. The van der Waals surface area contributed by atoms with Gasteiger partial charge in [0.05, 0.1) is 12.0 Å². The van der Waals surface area contributed by atoms with E-state index in [1.165, 1.54) is 0 Å². The maximum Gasteiger partial charge on any atom is 0.308 e. The van der Waals surface area contributed by atoms with E-state index in [0.29, 0.717) is 6.61 Å². The minimum absolute atomic E-state index is 0. The molecule has 68 valence electrons. The number of hydrogen-bond acceptors (Lipinski definition) is 2. The molecule has 0 amide bonds. The molecule has 0 aliphatic carbocycles. The largest absolute Gasteiger partial charge is 0.481 e. The average Bonchev–Trinajstić information content (AvgIpc) is 1.87. The van der Waals surface area contributed by atoms with Gasteiger partial charge in [0.15, 0.2) is 0 Å². The molecule has 0 rings (SSSR count). The highest BCUT2D eigenvalue weighted by Gasteiger charge is 2.18. The molecule has 0 aromatic rings. The summed E-state index contributed by atoms with van der Waals surface area (Å²) in [7, 11) is 0. The molecule has 1 N–H and O–H groups in total. The first-order valence-corrected chi connectivity index (χ1v) is 3.44. The lowest BCUT2D eigenvalue weighted by Gasteiger charge is -2.14. The van der Waals surface area contributed by atoms with Crippen molar-refractivity contribution in [3.8, 4) is 0 Å². The molecular weight excluding hydrogens is 168 g/mol. The summed E-state index contributed by atoms with van der Waals surface area (Å²) in [5.74, 6) is -1.22. The summed E-state index contributed by atoms with van der Waals surface area (Å²) in [5, 5.41) is 8.50. The van der Waals surface area contributed by atoms with Gasteiger partial charge >= 0.3 is 5.97 Å². The first kappa shape index (κ1) is 13.3. The molecule has 0 radical (unpaired) electrons. The monoisotopic (exact) mass is 182 g/mol. The number of carboxylic acids is 1. The first-order valence-electron chi connectivity index (χ1n) is 3.44. The molecule has 11 heavy (non-hydrogen) atoms. The summed E-state index contributed by atoms with van der Waals surface area (Å²) in [6.45, 7) is 5.83. The Morgan fingerprint density at radius 2 is 2.00 bits per heavy atom. The van der Waals surface area contributed by atoms with E-state index < -0.39 is 11.9 Å². The van der Waals surface area contributed by atoms with Crippen LogP contribution in [0.2, 0.25) is 0 Å². The quantitative estimate of drug-likeness (QED) is 0.718. The van der Waals surface area contributed by atoms with Crippen LogP contribution in [-0.4, -0.2) is 23.8 Å². The molecule has 0 aromatic carbocycles. The molecule has 3 nitrogen and oxygen atoms in total. The summed E-state index contributed by atoms with van der Waals surface area (Å²) < 4.78 is 5.08. The van der Waals surface area contributed by atoms with Crippen LogP contribution in [0.5, 0.6) is 0 Å². The van der Waals surface area contributed by atoms with Crippen molar-refractivity contribution in [1.82, 2.24) is 0 Å². The van der Waals surface area contributed by atoms with Gasteiger partial charge in [-0.1, -0.05) is 0 Å². The van der Waals surface area contributed by atoms with Crippen LogP contribution >= 0.6 is 12.4 Å². The third-order valence-electron chi connectivity index (χ3n) is 1.52. The normalized spacial score (nSPS) is 14.8. The Kier molecular flexibility index (Phi) is 7.79. The molecule has 0 aromatic heterocycles. The zero-order valence-electron chi connectivity index (χ0n) is 7.03. The predicted molar refractivity (Wildman–Crippen MR) is 45.1 cm³/mol. The van der Waals surface area contributed by atoms with Gasteiger partial charge in [-0.15, -0.1) is 12.4 Å². The van der Waals surface area contributed by atoms with Crippen LogP contribution in [0.25, 0.3) is 0 Å². The molecule has 0 aliphatic rings. The molecule has 0 fully saturated rings.